The van der Waals surface area contributed by atoms with E-state index in [0.29, 0.717) is 27.4 Å². The van der Waals surface area contributed by atoms with E-state index in [-0.39, 0.29) is 11.5 Å². The van der Waals surface area contributed by atoms with Gasteiger partial charge in [0.15, 0.2) is 5.78 Å². The van der Waals surface area contributed by atoms with E-state index in [0.717, 1.165) is 15.8 Å². The number of anilines is 1. The molecule has 0 aliphatic rings. The first-order chi connectivity index (χ1) is 12.0. The largest absolute Gasteiger partial charge is 0.397 e. The molecule has 0 aliphatic carbocycles. The Kier molecular flexibility index (Phi) is 5.06. The van der Waals surface area contributed by atoms with Crippen LogP contribution in [-0.4, -0.2) is 10.7 Å². The highest BCUT2D eigenvalue weighted by Crippen LogP contribution is 2.43. The molecule has 7 heteroatoms. The summed E-state index contributed by atoms with van der Waals surface area (Å²) >= 11 is 2.72. The average Bonchev–Trinajstić information content (AvgIpc) is 2.96. The maximum Gasteiger partial charge on any atom is 0.272 e. The minimum Gasteiger partial charge on any atom is -0.397 e. The van der Waals surface area contributed by atoms with Gasteiger partial charge in [-0.05, 0) is 5.56 Å². The fraction of sp³-hybridized carbons (Fsp3) is 0.167. The first kappa shape index (κ1) is 17.4. The van der Waals surface area contributed by atoms with Crippen LogP contribution in [0.25, 0.3) is 10.1 Å². The van der Waals surface area contributed by atoms with Gasteiger partial charge in [-0.15, -0.1) is 23.1 Å². The first-order valence-corrected chi connectivity index (χ1v) is 9.51. The summed E-state index contributed by atoms with van der Waals surface area (Å²) in [5.74, 6) is 0.629. The number of nitrogens with two attached hydrogens (primary N) is 1. The second-order valence-electron chi connectivity index (χ2n) is 5.47. The topological polar surface area (TPSA) is 86.2 Å². The van der Waals surface area contributed by atoms with Gasteiger partial charge in [0.25, 0.3) is 5.69 Å². The molecule has 25 heavy (non-hydrogen) atoms. The number of nitrogens with zero attached hydrogens (tertiary/aromatic N) is 1. The molecule has 0 spiro atoms. The fourth-order valence-electron chi connectivity index (χ4n) is 2.52. The van der Waals surface area contributed by atoms with Gasteiger partial charge in [0, 0.05) is 39.3 Å². The molecular weight excluding hydrogens is 356 g/mol. The lowest BCUT2D eigenvalue weighted by atomic mass is 10.1. The number of non-ortho nitro benzene ring substituents is 1. The van der Waals surface area contributed by atoms with Crippen molar-refractivity contribution in [2.45, 2.75) is 24.0 Å². The Morgan fingerprint density at radius 3 is 2.64 bits per heavy atom. The number of thioether (sulfide) groups is 1. The minimum atomic E-state index is -0.413. The number of nitro groups is 1. The fourth-order valence-corrected chi connectivity index (χ4v) is 4.86. The van der Waals surface area contributed by atoms with E-state index in [4.69, 9.17) is 5.73 Å². The van der Waals surface area contributed by atoms with E-state index in [1.807, 2.05) is 30.3 Å². The second kappa shape index (κ2) is 7.25. The van der Waals surface area contributed by atoms with Crippen LogP contribution in [0.4, 0.5) is 11.4 Å². The van der Waals surface area contributed by atoms with Crippen molar-refractivity contribution in [3.63, 3.8) is 0 Å². The van der Waals surface area contributed by atoms with Crippen molar-refractivity contribution in [2.24, 2.45) is 0 Å². The van der Waals surface area contributed by atoms with Crippen molar-refractivity contribution in [3.8, 4) is 0 Å². The predicted octanol–water partition coefficient (Wildman–Crippen LogP) is 5.28. The van der Waals surface area contributed by atoms with Crippen molar-refractivity contribution in [2.75, 3.05) is 5.73 Å². The number of nitrogen functional groups attached to an aromatic ring is 1. The number of carbonyl (C=O) groups is 1. The van der Waals surface area contributed by atoms with Gasteiger partial charge in [-0.1, -0.05) is 37.3 Å². The molecule has 5 nitrogen and oxygen atoms in total. The van der Waals surface area contributed by atoms with Crippen molar-refractivity contribution < 1.29 is 9.72 Å². The number of carbonyl (C=O) groups excluding carboxylic acids is 1. The summed E-state index contributed by atoms with van der Waals surface area (Å²) in [4.78, 5) is 24.2. The van der Waals surface area contributed by atoms with E-state index in [9.17, 15) is 14.9 Å². The molecule has 0 atom stereocenters. The standard InChI is InChI=1S/C18H16N2O3S2/c1-2-13(21)18-17(19)16-14(24-10-11-6-4-3-5-7-11)8-12(20(22)23)9-15(16)25-18/h3-9H,2,10,19H2,1H3. The van der Waals surface area contributed by atoms with Gasteiger partial charge in [-0.2, -0.15) is 0 Å². The average molecular weight is 372 g/mol. The van der Waals surface area contributed by atoms with Crippen LogP contribution in [0.3, 0.4) is 0 Å². The van der Waals surface area contributed by atoms with E-state index in [2.05, 4.69) is 0 Å². The molecule has 0 unspecified atom stereocenters. The molecule has 128 valence electrons. The number of hydrogen-bond donors (Lipinski definition) is 1. The van der Waals surface area contributed by atoms with Crippen LogP contribution in [0.2, 0.25) is 0 Å². The molecule has 0 fully saturated rings. The van der Waals surface area contributed by atoms with Crippen molar-refractivity contribution in [1.82, 2.24) is 0 Å². The monoisotopic (exact) mass is 372 g/mol. The number of thiophene rings is 1. The summed E-state index contributed by atoms with van der Waals surface area (Å²) in [6.45, 7) is 1.78. The quantitative estimate of drug-likeness (QED) is 0.275. The Hall–Kier alpha value is -2.38. The SMILES string of the molecule is CCC(=O)c1sc2cc([N+](=O)[O-])cc(SCc3ccccc3)c2c1N. The van der Waals surface area contributed by atoms with Crippen LogP contribution < -0.4 is 5.73 Å². The van der Waals surface area contributed by atoms with Crippen molar-refractivity contribution in [1.29, 1.82) is 0 Å². The molecule has 0 bridgehead atoms. The molecule has 2 N–H and O–H groups in total. The normalized spacial score (nSPS) is 10.9. The third-order valence-electron chi connectivity index (χ3n) is 3.80. The Balaban J connectivity index is 2.09. The molecule has 0 saturated carbocycles. The van der Waals surface area contributed by atoms with Gasteiger partial charge < -0.3 is 5.73 Å². The van der Waals surface area contributed by atoms with E-state index in [1.54, 1.807) is 13.0 Å². The summed E-state index contributed by atoms with van der Waals surface area (Å²) in [5, 5.41) is 12.0. The third-order valence-corrected chi connectivity index (χ3v) is 6.10. The van der Waals surface area contributed by atoms with Gasteiger partial charge >= 0.3 is 0 Å². The highest BCUT2D eigenvalue weighted by molar-refractivity contribution is 7.98. The highest BCUT2D eigenvalue weighted by atomic mass is 32.2. The van der Waals surface area contributed by atoms with Gasteiger partial charge in [0.2, 0.25) is 0 Å². The van der Waals surface area contributed by atoms with Gasteiger partial charge in [0.1, 0.15) is 0 Å². The molecule has 0 aliphatic heterocycles. The molecule has 2 aromatic carbocycles. The molecule has 3 aromatic rings. The van der Waals surface area contributed by atoms with Crippen molar-refractivity contribution >= 4 is 50.3 Å². The molecule has 1 aromatic heterocycles. The summed E-state index contributed by atoms with van der Waals surface area (Å²) in [7, 11) is 0. The predicted molar refractivity (Wildman–Crippen MR) is 104 cm³/mol. The summed E-state index contributed by atoms with van der Waals surface area (Å²) in [6, 6.07) is 12.9. The van der Waals surface area contributed by atoms with Crippen LogP contribution >= 0.6 is 23.1 Å². The Morgan fingerprint density at radius 1 is 1.28 bits per heavy atom. The van der Waals surface area contributed by atoms with Crippen LogP contribution in [0.15, 0.2) is 47.4 Å². The molecule has 0 radical (unpaired) electrons. The summed E-state index contributed by atoms with van der Waals surface area (Å²) in [5.41, 5.74) is 7.78. The maximum absolute atomic E-state index is 12.1. The number of fused-ring (bicyclic) bond motifs is 1. The first-order valence-electron chi connectivity index (χ1n) is 7.71. The van der Waals surface area contributed by atoms with Crippen LogP contribution in [0, 0.1) is 10.1 Å². The number of rotatable bonds is 6. The van der Waals surface area contributed by atoms with E-state index >= 15 is 0 Å². The lowest BCUT2D eigenvalue weighted by molar-refractivity contribution is -0.384. The number of benzene rings is 2. The van der Waals surface area contributed by atoms with Gasteiger partial charge in [0.05, 0.1) is 15.5 Å². The molecule has 1 heterocycles. The van der Waals surface area contributed by atoms with E-state index < -0.39 is 4.92 Å². The van der Waals surface area contributed by atoms with E-state index in [1.165, 1.54) is 29.2 Å². The number of ketones is 1. The zero-order valence-corrected chi connectivity index (χ0v) is 15.2. The zero-order chi connectivity index (χ0) is 18.0. The van der Waals surface area contributed by atoms with Crippen molar-refractivity contribution in [3.05, 3.63) is 63.0 Å². The number of nitro benzene ring substituents is 1. The summed E-state index contributed by atoms with van der Waals surface area (Å²) in [6.07, 6.45) is 0.353. The van der Waals surface area contributed by atoms with Gasteiger partial charge in [-0.25, -0.2) is 0 Å². The van der Waals surface area contributed by atoms with Crippen LogP contribution in [0.1, 0.15) is 28.6 Å². The smallest absolute Gasteiger partial charge is 0.272 e. The highest BCUT2D eigenvalue weighted by Gasteiger charge is 2.21. The molecule has 0 saturated heterocycles. The molecule has 3 rings (SSSR count). The zero-order valence-electron chi connectivity index (χ0n) is 13.5. The number of hydrogen-bond acceptors (Lipinski definition) is 6. The molecular formula is C18H16N2O3S2. The van der Waals surface area contributed by atoms with Gasteiger partial charge in [-0.3, -0.25) is 14.9 Å². The number of Topliss-reactive ketones (excluding diaryl/α,β-unsaturated/α-hetero) is 1. The van der Waals surface area contributed by atoms with Crippen LogP contribution in [0.5, 0.6) is 0 Å². The Labute approximate surface area is 153 Å². The summed E-state index contributed by atoms with van der Waals surface area (Å²) < 4.78 is 0.680. The lowest BCUT2D eigenvalue weighted by Gasteiger charge is -2.06. The maximum atomic E-state index is 12.1. The van der Waals surface area contributed by atoms with Crippen LogP contribution in [-0.2, 0) is 5.75 Å². The molecule has 0 amide bonds. The Bertz CT molecular complexity index is 952. The second-order valence-corrected chi connectivity index (χ2v) is 7.54. The third kappa shape index (κ3) is 3.52. The minimum absolute atomic E-state index is 0.0137. The Morgan fingerprint density at radius 2 is 2.00 bits per heavy atom. The lowest BCUT2D eigenvalue weighted by Crippen LogP contribution is -1.98.